The lowest BCUT2D eigenvalue weighted by Crippen LogP contribution is -2.11. The van der Waals surface area contributed by atoms with E-state index in [4.69, 9.17) is 28.9 Å². The summed E-state index contributed by atoms with van der Waals surface area (Å²) in [6, 6.07) is 19.0. The molecular weight excluding hydrogens is 515 g/mol. The first-order valence-electron chi connectivity index (χ1n) is 11.0. The van der Waals surface area contributed by atoms with E-state index in [1.165, 1.54) is 11.3 Å². The number of benzene rings is 2. The fraction of sp³-hybridized carbons (Fsp3) is 0.0769. The first-order chi connectivity index (χ1) is 17.4. The predicted molar refractivity (Wildman–Crippen MR) is 146 cm³/mol. The third kappa shape index (κ3) is 4.03. The minimum Gasteiger partial charge on any atom is -0.384 e. The van der Waals surface area contributed by atoms with Crippen LogP contribution in [0.3, 0.4) is 0 Å². The van der Waals surface area contributed by atoms with Gasteiger partial charge in [0.25, 0.3) is 5.56 Å². The van der Waals surface area contributed by atoms with Gasteiger partial charge < -0.3 is 10.3 Å². The Labute approximate surface area is 219 Å². The molecule has 2 N–H and O–H groups in total. The fourth-order valence-corrected chi connectivity index (χ4v) is 5.64. The number of halogens is 2. The maximum Gasteiger partial charge on any atom is 0.290 e. The number of nitrogens with two attached hydrogens (primary N) is 1. The van der Waals surface area contributed by atoms with E-state index in [0.29, 0.717) is 38.4 Å². The summed E-state index contributed by atoms with van der Waals surface area (Å²) in [7, 11) is 0. The zero-order valence-electron chi connectivity index (χ0n) is 18.9. The Balaban J connectivity index is 1.39. The van der Waals surface area contributed by atoms with Crippen LogP contribution in [0.4, 0.5) is 5.82 Å². The first kappa shape index (κ1) is 22.7. The normalized spacial score (nSPS) is 11.5. The van der Waals surface area contributed by atoms with Gasteiger partial charge in [0.1, 0.15) is 10.5 Å². The van der Waals surface area contributed by atoms with E-state index in [1.54, 1.807) is 16.9 Å². The van der Waals surface area contributed by atoms with Gasteiger partial charge in [-0.1, -0.05) is 47.5 Å². The monoisotopic (exact) mass is 532 g/mol. The summed E-state index contributed by atoms with van der Waals surface area (Å²) in [5.74, 6) is 0.510. The second kappa shape index (κ2) is 8.74. The quantitative estimate of drug-likeness (QED) is 0.297. The second-order valence-electron chi connectivity index (χ2n) is 8.45. The number of anilines is 1. The SMILES string of the molecule is Cc1cc(N)n2nc(-c3ccc(-c4cc5c(s4)c(=O)ncn5Cc4ccc(Cl)cc4)cc3Cl)cc2n1. The second-order valence-corrected chi connectivity index (χ2v) is 10.3. The van der Waals surface area contributed by atoms with Gasteiger partial charge in [-0.25, -0.2) is 4.98 Å². The lowest BCUT2D eigenvalue weighted by Gasteiger charge is -2.07. The number of nitrogen functional groups attached to an aromatic ring is 1. The Hall–Kier alpha value is -3.72. The molecule has 0 fully saturated rings. The Bertz CT molecular complexity index is 1840. The van der Waals surface area contributed by atoms with Gasteiger partial charge in [0.05, 0.1) is 22.6 Å². The van der Waals surface area contributed by atoms with Crippen molar-refractivity contribution in [3.63, 3.8) is 0 Å². The number of aryl methyl sites for hydroxylation is 1. The predicted octanol–water partition coefficient (Wildman–Crippen LogP) is 6.08. The van der Waals surface area contributed by atoms with Crippen LogP contribution in [0.1, 0.15) is 11.3 Å². The summed E-state index contributed by atoms with van der Waals surface area (Å²) in [5, 5.41) is 5.80. The number of hydrogen-bond acceptors (Lipinski definition) is 6. The highest BCUT2D eigenvalue weighted by atomic mass is 35.5. The van der Waals surface area contributed by atoms with E-state index in [9.17, 15) is 4.79 Å². The topological polar surface area (TPSA) is 91.1 Å². The zero-order chi connectivity index (χ0) is 25.0. The van der Waals surface area contributed by atoms with E-state index in [-0.39, 0.29) is 5.56 Å². The van der Waals surface area contributed by atoms with Crippen LogP contribution in [0.15, 0.2) is 71.8 Å². The highest BCUT2D eigenvalue weighted by Gasteiger charge is 2.15. The van der Waals surface area contributed by atoms with Crippen molar-refractivity contribution in [2.75, 3.05) is 5.73 Å². The molecule has 6 aromatic rings. The Kier molecular flexibility index (Phi) is 5.52. The van der Waals surface area contributed by atoms with E-state index >= 15 is 0 Å². The Morgan fingerprint density at radius 2 is 1.83 bits per heavy atom. The molecule has 0 saturated heterocycles. The molecule has 10 heteroatoms. The lowest BCUT2D eigenvalue weighted by atomic mass is 10.1. The highest BCUT2D eigenvalue weighted by molar-refractivity contribution is 7.22. The maximum atomic E-state index is 12.5. The molecule has 0 atom stereocenters. The Morgan fingerprint density at radius 3 is 2.61 bits per heavy atom. The average Bonchev–Trinajstić information content (AvgIpc) is 3.48. The number of aromatic nitrogens is 5. The van der Waals surface area contributed by atoms with Crippen LogP contribution in [0.25, 0.3) is 37.6 Å². The number of thiophene rings is 1. The van der Waals surface area contributed by atoms with Crippen molar-refractivity contribution in [3.05, 3.63) is 98.6 Å². The van der Waals surface area contributed by atoms with E-state index < -0.39 is 0 Å². The number of nitrogens with zero attached hydrogens (tertiary/aromatic N) is 5. The summed E-state index contributed by atoms with van der Waals surface area (Å²) >= 11 is 14.1. The molecule has 0 aliphatic heterocycles. The molecule has 7 nitrogen and oxygen atoms in total. The molecule has 0 bridgehead atoms. The van der Waals surface area contributed by atoms with Gasteiger partial charge in [0, 0.05) is 39.8 Å². The van der Waals surface area contributed by atoms with Crippen LogP contribution >= 0.6 is 34.5 Å². The molecule has 4 aromatic heterocycles. The van der Waals surface area contributed by atoms with Crippen LogP contribution < -0.4 is 11.3 Å². The van der Waals surface area contributed by atoms with Crippen molar-refractivity contribution < 1.29 is 0 Å². The van der Waals surface area contributed by atoms with Crippen LogP contribution in [-0.4, -0.2) is 24.1 Å². The summed E-state index contributed by atoms with van der Waals surface area (Å²) in [4.78, 5) is 22.0. The zero-order valence-corrected chi connectivity index (χ0v) is 21.3. The largest absolute Gasteiger partial charge is 0.384 e. The van der Waals surface area contributed by atoms with Gasteiger partial charge in [0.15, 0.2) is 5.65 Å². The third-order valence-corrected chi connectivity index (χ3v) is 7.64. The number of rotatable bonds is 4. The molecule has 0 aliphatic carbocycles. The van der Waals surface area contributed by atoms with Crippen LogP contribution in [0.2, 0.25) is 10.0 Å². The molecule has 0 spiro atoms. The summed E-state index contributed by atoms with van der Waals surface area (Å²) < 4.78 is 4.16. The number of fused-ring (bicyclic) bond motifs is 2. The minimum atomic E-state index is -0.249. The van der Waals surface area contributed by atoms with E-state index in [0.717, 1.165) is 32.8 Å². The molecule has 0 unspecified atom stereocenters. The van der Waals surface area contributed by atoms with E-state index in [2.05, 4.69) is 15.1 Å². The molecule has 0 amide bonds. The molecule has 6 rings (SSSR count). The minimum absolute atomic E-state index is 0.249. The van der Waals surface area contributed by atoms with Crippen molar-refractivity contribution >= 4 is 56.2 Å². The van der Waals surface area contributed by atoms with Crippen molar-refractivity contribution in [2.45, 2.75) is 13.5 Å². The van der Waals surface area contributed by atoms with Gasteiger partial charge >= 0.3 is 0 Å². The van der Waals surface area contributed by atoms with E-state index in [1.807, 2.05) is 66.1 Å². The first-order valence-corrected chi connectivity index (χ1v) is 12.6. The van der Waals surface area contributed by atoms with Crippen molar-refractivity contribution in [2.24, 2.45) is 0 Å². The van der Waals surface area contributed by atoms with Crippen molar-refractivity contribution in [1.82, 2.24) is 24.1 Å². The molecule has 0 aliphatic rings. The maximum absolute atomic E-state index is 12.5. The summed E-state index contributed by atoms with van der Waals surface area (Å²) in [5.41, 5.74) is 11.6. The van der Waals surface area contributed by atoms with Crippen LogP contribution in [0.5, 0.6) is 0 Å². The van der Waals surface area contributed by atoms with Crippen molar-refractivity contribution in [3.8, 4) is 21.7 Å². The molecule has 4 heterocycles. The lowest BCUT2D eigenvalue weighted by molar-refractivity contribution is 0.800. The third-order valence-electron chi connectivity index (χ3n) is 5.91. The van der Waals surface area contributed by atoms with Gasteiger partial charge in [-0.3, -0.25) is 4.79 Å². The number of hydrogen-bond donors (Lipinski definition) is 1. The van der Waals surface area contributed by atoms with Crippen LogP contribution in [0, 0.1) is 6.92 Å². The molecule has 0 radical (unpaired) electrons. The van der Waals surface area contributed by atoms with Gasteiger partial charge in [-0.2, -0.15) is 14.6 Å². The van der Waals surface area contributed by atoms with Gasteiger partial charge in [0.2, 0.25) is 0 Å². The van der Waals surface area contributed by atoms with Gasteiger partial charge in [-0.15, -0.1) is 11.3 Å². The molecule has 0 saturated carbocycles. The smallest absolute Gasteiger partial charge is 0.290 e. The van der Waals surface area contributed by atoms with Crippen LogP contribution in [-0.2, 0) is 6.54 Å². The molecule has 2 aromatic carbocycles. The standard InChI is InChI=1S/C26H18Cl2N6OS/c1-14-8-23(29)34-24(31-14)10-20(32-34)18-7-4-16(9-19(18)28)22-11-21-25(36-22)26(35)30-13-33(21)12-15-2-5-17(27)6-3-15/h2-11,13H,12,29H2,1H3. The molecule has 178 valence electrons. The molecular formula is C26H18Cl2N6OS. The van der Waals surface area contributed by atoms with Crippen molar-refractivity contribution in [1.29, 1.82) is 0 Å². The average molecular weight is 533 g/mol. The molecule has 36 heavy (non-hydrogen) atoms. The summed E-state index contributed by atoms with van der Waals surface area (Å²) in [6.45, 7) is 2.46. The van der Waals surface area contributed by atoms with Gasteiger partial charge in [-0.05, 0) is 42.3 Å². The summed E-state index contributed by atoms with van der Waals surface area (Å²) in [6.07, 6.45) is 1.58. The fourth-order valence-electron chi connectivity index (χ4n) is 4.18. The highest BCUT2D eigenvalue weighted by Crippen LogP contribution is 2.36. The Morgan fingerprint density at radius 1 is 1.03 bits per heavy atom.